The van der Waals surface area contributed by atoms with Crippen LogP contribution in [0, 0.1) is 0 Å². The van der Waals surface area contributed by atoms with E-state index in [0.29, 0.717) is 18.2 Å². The molecule has 1 N–H and O–H groups in total. The van der Waals surface area contributed by atoms with Crippen LogP contribution in [0.15, 0.2) is 47.6 Å². The fourth-order valence-electron chi connectivity index (χ4n) is 2.48. The molecule has 0 spiro atoms. The molecule has 1 aromatic carbocycles. The van der Waals surface area contributed by atoms with Gasteiger partial charge in [0.1, 0.15) is 5.75 Å². The van der Waals surface area contributed by atoms with Crippen molar-refractivity contribution in [3.8, 4) is 5.75 Å². The molecule has 0 aliphatic rings. The zero-order chi connectivity index (χ0) is 15.8. The Kier molecular flexibility index (Phi) is 6.13. The first-order chi connectivity index (χ1) is 10.7. The average molecular weight is 296 g/mol. The van der Waals surface area contributed by atoms with E-state index in [2.05, 4.69) is 23.8 Å². The summed E-state index contributed by atoms with van der Waals surface area (Å²) >= 11 is 0. The Morgan fingerprint density at radius 3 is 2.82 bits per heavy atom. The summed E-state index contributed by atoms with van der Waals surface area (Å²) in [5.41, 5.74) is 2.71. The van der Waals surface area contributed by atoms with Gasteiger partial charge in [0, 0.05) is 18.0 Å². The molecule has 0 aliphatic heterocycles. The van der Waals surface area contributed by atoms with Crippen LogP contribution in [-0.4, -0.2) is 16.3 Å². The number of nitrogens with zero attached hydrogens (tertiary/aromatic N) is 2. The molecule has 1 aromatic heterocycles. The zero-order valence-electron chi connectivity index (χ0n) is 13.4. The van der Waals surface area contributed by atoms with E-state index in [1.54, 1.807) is 12.4 Å². The standard InChI is InChI=1S/C19H24N2O/c1-3-4-8-15(2)18-11-7-9-16(19(18)22)13-20-14-17-10-5-6-12-21-17/h5-7,9-13,15,22H,3-4,8,14H2,1-2H3. The van der Waals surface area contributed by atoms with Gasteiger partial charge in [0.25, 0.3) is 0 Å². The third-order valence-corrected chi connectivity index (χ3v) is 3.83. The number of aromatic hydroxyl groups is 1. The molecule has 0 radical (unpaired) electrons. The molecule has 3 nitrogen and oxygen atoms in total. The number of aromatic nitrogens is 1. The largest absolute Gasteiger partial charge is 0.507 e. The van der Waals surface area contributed by atoms with Crippen LogP contribution < -0.4 is 0 Å². The second kappa shape index (κ2) is 8.32. The number of phenolic OH excluding ortho intramolecular Hbond substituents is 1. The van der Waals surface area contributed by atoms with E-state index in [-0.39, 0.29) is 0 Å². The van der Waals surface area contributed by atoms with Crippen molar-refractivity contribution in [1.29, 1.82) is 0 Å². The van der Waals surface area contributed by atoms with E-state index in [9.17, 15) is 5.11 Å². The van der Waals surface area contributed by atoms with Crippen molar-refractivity contribution in [3.05, 3.63) is 59.4 Å². The first-order valence-electron chi connectivity index (χ1n) is 7.94. The summed E-state index contributed by atoms with van der Waals surface area (Å²) in [5, 5.41) is 10.4. The minimum Gasteiger partial charge on any atom is -0.507 e. The number of hydrogen-bond acceptors (Lipinski definition) is 3. The number of phenols is 1. The summed E-state index contributed by atoms with van der Waals surface area (Å²) in [4.78, 5) is 8.62. The van der Waals surface area contributed by atoms with Gasteiger partial charge < -0.3 is 5.11 Å². The summed E-state index contributed by atoms with van der Waals surface area (Å²) in [6.45, 7) is 4.88. The van der Waals surface area contributed by atoms with Gasteiger partial charge in [-0.15, -0.1) is 0 Å². The third-order valence-electron chi connectivity index (χ3n) is 3.83. The molecule has 0 aliphatic carbocycles. The molecule has 0 bridgehead atoms. The van der Waals surface area contributed by atoms with Gasteiger partial charge in [0.15, 0.2) is 0 Å². The minimum absolute atomic E-state index is 0.357. The summed E-state index contributed by atoms with van der Waals surface area (Å²) in [6.07, 6.45) is 6.95. The molecule has 1 atom stereocenters. The SMILES string of the molecule is CCCCC(C)c1cccc(C=NCc2ccccn2)c1O. The molecular formula is C19H24N2O. The van der Waals surface area contributed by atoms with Crippen LogP contribution in [0.1, 0.15) is 55.8 Å². The molecule has 1 unspecified atom stereocenters. The van der Waals surface area contributed by atoms with Gasteiger partial charge in [-0.3, -0.25) is 9.98 Å². The highest BCUT2D eigenvalue weighted by Crippen LogP contribution is 2.31. The van der Waals surface area contributed by atoms with Crippen molar-refractivity contribution >= 4 is 6.21 Å². The quantitative estimate of drug-likeness (QED) is 0.753. The van der Waals surface area contributed by atoms with Crippen LogP contribution in [0.3, 0.4) is 0 Å². The maximum Gasteiger partial charge on any atom is 0.127 e. The molecule has 0 amide bonds. The fraction of sp³-hybridized carbons (Fsp3) is 0.368. The molecule has 0 saturated carbocycles. The predicted octanol–water partition coefficient (Wildman–Crippen LogP) is 4.70. The van der Waals surface area contributed by atoms with Crippen molar-refractivity contribution < 1.29 is 5.11 Å². The fourth-order valence-corrected chi connectivity index (χ4v) is 2.48. The van der Waals surface area contributed by atoms with Crippen LogP contribution >= 0.6 is 0 Å². The van der Waals surface area contributed by atoms with Crippen molar-refractivity contribution in [2.24, 2.45) is 4.99 Å². The lowest BCUT2D eigenvalue weighted by atomic mass is 9.93. The van der Waals surface area contributed by atoms with Crippen LogP contribution in [0.25, 0.3) is 0 Å². The van der Waals surface area contributed by atoms with Crippen LogP contribution in [0.4, 0.5) is 0 Å². The summed E-state index contributed by atoms with van der Waals surface area (Å²) < 4.78 is 0. The number of aliphatic imine (C=N–C) groups is 1. The van der Waals surface area contributed by atoms with Crippen LogP contribution in [0.5, 0.6) is 5.75 Å². The van der Waals surface area contributed by atoms with E-state index >= 15 is 0 Å². The number of hydrogen-bond donors (Lipinski definition) is 1. The van der Waals surface area contributed by atoms with Crippen molar-refractivity contribution in [2.45, 2.75) is 45.6 Å². The van der Waals surface area contributed by atoms with Crippen molar-refractivity contribution in [2.75, 3.05) is 0 Å². The zero-order valence-corrected chi connectivity index (χ0v) is 13.4. The van der Waals surface area contributed by atoms with Gasteiger partial charge in [-0.25, -0.2) is 0 Å². The van der Waals surface area contributed by atoms with Crippen molar-refractivity contribution in [3.63, 3.8) is 0 Å². The van der Waals surface area contributed by atoms with E-state index < -0.39 is 0 Å². The molecule has 22 heavy (non-hydrogen) atoms. The molecular weight excluding hydrogens is 272 g/mol. The van der Waals surface area contributed by atoms with E-state index in [4.69, 9.17) is 0 Å². The maximum absolute atomic E-state index is 10.4. The lowest BCUT2D eigenvalue weighted by molar-refractivity contribution is 0.458. The molecule has 116 valence electrons. The van der Waals surface area contributed by atoms with E-state index in [1.807, 2.05) is 36.4 Å². The van der Waals surface area contributed by atoms with Gasteiger partial charge in [-0.2, -0.15) is 0 Å². The van der Waals surface area contributed by atoms with Crippen LogP contribution in [-0.2, 0) is 6.54 Å². The van der Waals surface area contributed by atoms with Gasteiger partial charge in [0.2, 0.25) is 0 Å². The molecule has 2 rings (SSSR count). The molecule has 3 heteroatoms. The number of unbranched alkanes of at least 4 members (excludes halogenated alkanes) is 1. The Morgan fingerprint density at radius 2 is 2.09 bits per heavy atom. The monoisotopic (exact) mass is 296 g/mol. The first-order valence-corrected chi connectivity index (χ1v) is 7.94. The summed E-state index contributed by atoms with van der Waals surface area (Å²) in [6, 6.07) is 11.7. The lowest BCUT2D eigenvalue weighted by Crippen LogP contribution is -1.97. The lowest BCUT2D eigenvalue weighted by Gasteiger charge is -2.14. The van der Waals surface area contributed by atoms with Gasteiger partial charge in [-0.05, 0) is 36.1 Å². The van der Waals surface area contributed by atoms with E-state index in [0.717, 1.165) is 23.2 Å². The Balaban J connectivity index is 2.08. The maximum atomic E-state index is 10.4. The number of benzene rings is 1. The molecule has 2 aromatic rings. The predicted molar refractivity (Wildman–Crippen MR) is 91.6 cm³/mol. The minimum atomic E-state index is 0.357. The molecule has 0 fully saturated rings. The Labute approximate surface area is 132 Å². The highest BCUT2D eigenvalue weighted by Gasteiger charge is 2.12. The topological polar surface area (TPSA) is 45.5 Å². The Bertz CT molecular complexity index is 608. The van der Waals surface area contributed by atoms with Crippen LogP contribution in [0.2, 0.25) is 0 Å². The number of para-hydroxylation sites is 1. The highest BCUT2D eigenvalue weighted by molar-refractivity contribution is 5.84. The second-order valence-corrected chi connectivity index (χ2v) is 5.62. The Morgan fingerprint density at radius 1 is 1.23 bits per heavy atom. The van der Waals surface area contributed by atoms with E-state index in [1.165, 1.54) is 12.8 Å². The number of pyridine rings is 1. The Hall–Kier alpha value is -2.16. The van der Waals surface area contributed by atoms with Crippen molar-refractivity contribution in [1.82, 2.24) is 4.98 Å². The normalized spacial score (nSPS) is 12.6. The van der Waals surface area contributed by atoms with Gasteiger partial charge in [0.05, 0.1) is 12.2 Å². The third kappa shape index (κ3) is 4.42. The summed E-state index contributed by atoms with van der Waals surface area (Å²) in [7, 11) is 0. The number of rotatable bonds is 7. The molecule has 1 heterocycles. The van der Waals surface area contributed by atoms with Gasteiger partial charge in [-0.1, -0.05) is 44.9 Å². The second-order valence-electron chi connectivity index (χ2n) is 5.62. The highest BCUT2D eigenvalue weighted by atomic mass is 16.3. The van der Waals surface area contributed by atoms with Gasteiger partial charge >= 0.3 is 0 Å². The summed E-state index contributed by atoms with van der Waals surface area (Å²) in [5.74, 6) is 0.722. The molecule has 0 saturated heterocycles. The first kappa shape index (κ1) is 16.2. The smallest absolute Gasteiger partial charge is 0.127 e. The average Bonchev–Trinajstić information content (AvgIpc) is 2.55.